The highest BCUT2D eigenvalue weighted by Gasteiger charge is 2.45. The Bertz CT molecular complexity index is 1790. The topological polar surface area (TPSA) is 172 Å². The molecular formula is C41H62N8O6. The number of carbonyl (C=O) groups is 4. The number of hydrazine groups is 1. The number of amides is 5. The molecule has 2 aromatic carbocycles. The van der Waals surface area contributed by atoms with E-state index >= 15 is 0 Å². The monoisotopic (exact) mass is 762 g/mol. The van der Waals surface area contributed by atoms with Gasteiger partial charge in [-0.05, 0) is 40.7 Å². The maximum atomic E-state index is 14.5. The minimum Gasteiger partial charge on any atom is -0.465 e. The summed E-state index contributed by atoms with van der Waals surface area (Å²) in [7, 11) is 1.88. The van der Waals surface area contributed by atoms with Gasteiger partial charge < -0.3 is 30.6 Å². The van der Waals surface area contributed by atoms with Gasteiger partial charge in [0.1, 0.15) is 12.1 Å². The first-order valence-electron chi connectivity index (χ1n) is 19.1. The maximum absolute atomic E-state index is 14.5. The average molecular weight is 763 g/mol. The van der Waals surface area contributed by atoms with Crippen LogP contribution in [0.4, 0.5) is 9.59 Å². The molecule has 5 N–H and O–H groups in total. The van der Waals surface area contributed by atoms with Crippen molar-refractivity contribution in [3.8, 4) is 0 Å². The third kappa shape index (κ3) is 11.7. The number of carbonyl (C=O) groups excluding carboxylic acids is 3. The van der Waals surface area contributed by atoms with Gasteiger partial charge in [0.15, 0.2) is 0 Å². The molecule has 0 aliphatic carbocycles. The summed E-state index contributed by atoms with van der Waals surface area (Å²) in [5, 5.41) is 34.1. The molecule has 1 aliphatic heterocycles. The molecule has 0 bridgehead atoms. The Hall–Kier alpha value is -4.69. The smallest absolute Gasteiger partial charge is 0.405 e. The summed E-state index contributed by atoms with van der Waals surface area (Å²) in [4.78, 5) is 57.1. The number of nitrogens with zero attached hydrogens (tertiary/aromatic N) is 5. The molecule has 14 nitrogen and oxygen atoms in total. The van der Waals surface area contributed by atoms with E-state index in [0.29, 0.717) is 32.6 Å². The number of rotatable bonds is 15. The predicted octanol–water partition coefficient (Wildman–Crippen LogP) is 4.77. The third-order valence-electron chi connectivity index (χ3n) is 9.98. The first-order chi connectivity index (χ1) is 25.5. The highest BCUT2D eigenvalue weighted by Crippen LogP contribution is 2.30. The van der Waals surface area contributed by atoms with Crippen LogP contribution in [0.2, 0.25) is 0 Å². The van der Waals surface area contributed by atoms with E-state index in [1.54, 1.807) is 40.3 Å². The van der Waals surface area contributed by atoms with Crippen molar-refractivity contribution in [2.75, 3.05) is 26.2 Å². The number of aromatic nitrogens is 2. The zero-order chi connectivity index (χ0) is 40.9. The van der Waals surface area contributed by atoms with Crippen molar-refractivity contribution in [2.45, 2.75) is 106 Å². The summed E-state index contributed by atoms with van der Waals surface area (Å²) < 4.78 is 1.80. The van der Waals surface area contributed by atoms with Crippen LogP contribution in [0.15, 0.2) is 54.6 Å². The minimum absolute atomic E-state index is 0.0574. The van der Waals surface area contributed by atoms with Crippen LogP contribution >= 0.6 is 0 Å². The largest absolute Gasteiger partial charge is 0.465 e. The molecule has 2 heterocycles. The van der Waals surface area contributed by atoms with Gasteiger partial charge in [0.05, 0.1) is 29.9 Å². The number of benzene rings is 2. The zero-order valence-electron chi connectivity index (χ0n) is 34.2. The molecule has 55 heavy (non-hydrogen) atoms. The quantitative estimate of drug-likeness (QED) is 0.138. The third-order valence-corrected chi connectivity index (χ3v) is 9.98. The molecule has 0 radical (unpaired) electrons. The van der Waals surface area contributed by atoms with Crippen LogP contribution in [0.1, 0.15) is 80.0 Å². The lowest BCUT2D eigenvalue weighted by molar-refractivity contribution is -0.133. The SMILES string of the molecule is Cn1nc(CN2CCN([C@H](C(=O)N[C@@H](Cc3ccccc3)[C@@H](O)CN(CCC(C)(C)C)NC(=O)[C@@H](NC(=O)O)C(C)(C)C)C(C)(C)C)C2=O)c2ccccc21. The summed E-state index contributed by atoms with van der Waals surface area (Å²) >= 11 is 0. The standard InChI is InChI=1S/C41H62N8O6/c1-39(2,3)20-21-48(45-35(51)33(40(4,5)6)43-37(53)54)26-32(50)29(24-27-16-12-11-13-17-27)42-36(52)34(41(7,8)9)49-23-22-47(38(49)55)25-30-28-18-14-15-19-31(28)46(10)44-30/h11-19,29,32-34,43,50H,20-26H2,1-10H3,(H,42,52)(H,45,51)(H,53,54)/t29-,32-,33+,34+/m0/s1. The number of aliphatic hydroxyl groups is 1. The van der Waals surface area contributed by atoms with Gasteiger partial charge in [-0.15, -0.1) is 0 Å². The minimum atomic E-state index is -1.32. The number of urea groups is 1. The summed E-state index contributed by atoms with van der Waals surface area (Å²) in [5.41, 5.74) is 3.99. The van der Waals surface area contributed by atoms with Crippen molar-refractivity contribution in [2.24, 2.45) is 23.3 Å². The second-order valence-electron chi connectivity index (χ2n) is 18.1. The number of para-hydroxylation sites is 1. The maximum Gasteiger partial charge on any atom is 0.405 e. The van der Waals surface area contributed by atoms with E-state index in [1.807, 2.05) is 82.4 Å². The molecule has 0 saturated carbocycles. The van der Waals surface area contributed by atoms with Gasteiger partial charge in [0, 0.05) is 38.6 Å². The van der Waals surface area contributed by atoms with Gasteiger partial charge in [-0.3, -0.25) is 19.7 Å². The fraction of sp³-hybridized carbons (Fsp3) is 0.585. The van der Waals surface area contributed by atoms with E-state index in [-0.39, 0.29) is 24.4 Å². The molecule has 1 aliphatic rings. The number of hydrogen-bond donors (Lipinski definition) is 5. The van der Waals surface area contributed by atoms with Gasteiger partial charge >= 0.3 is 12.1 Å². The van der Waals surface area contributed by atoms with Crippen LogP contribution in [0.3, 0.4) is 0 Å². The van der Waals surface area contributed by atoms with Gasteiger partial charge in [-0.2, -0.15) is 5.10 Å². The molecule has 0 spiro atoms. The Morgan fingerprint density at radius 3 is 2.11 bits per heavy atom. The highest BCUT2D eigenvalue weighted by molar-refractivity contribution is 5.89. The molecule has 14 heteroatoms. The number of hydrogen-bond acceptors (Lipinski definition) is 7. The molecule has 1 saturated heterocycles. The van der Waals surface area contributed by atoms with Crippen molar-refractivity contribution >= 4 is 34.8 Å². The molecule has 4 atom stereocenters. The lowest BCUT2D eigenvalue weighted by atomic mass is 9.84. The second kappa shape index (κ2) is 17.4. The number of aryl methyl sites for hydroxylation is 1. The van der Waals surface area contributed by atoms with Crippen molar-refractivity contribution in [3.63, 3.8) is 0 Å². The lowest BCUT2D eigenvalue weighted by Crippen LogP contribution is -2.61. The highest BCUT2D eigenvalue weighted by atomic mass is 16.4. The number of carboxylic acid groups (broad SMARTS) is 1. The number of fused-ring (bicyclic) bond motifs is 1. The van der Waals surface area contributed by atoms with Crippen molar-refractivity contribution in [3.05, 3.63) is 65.9 Å². The molecule has 5 amide bonds. The molecule has 4 rings (SSSR count). The Kier molecular flexibility index (Phi) is 13.6. The average Bonchev–Trinajstić information content (AvgIpc) is 3.59. The fourth-order valence-electron chi connectivity index (χ4n) is 7.02. The fourth-order valence-corrected chi connectivity index (χ4v) is 7.02. The Labute approximate surface area is 325 Å². The van der Waals surface area contributed by atoms with Crippen LogP contribution < -0.4 is 16.1 Å². The van der Waals surface area contributed by atoms with Gasteiger partial charge in [-0.1, -0.05) is 111 Å². The summed E-state index contributed by atoms with van der Waals surface area (Å²) in [6, 6.07) is 14.4. The number of aliphatic hydroxyl groups excluding tert-OH is 1. The molecule has 0 unspecified atom stereocenters. The van der Waals surface area contributed by atoms with Crippen molar-refractivity contribution in [1.29, 1.82) is 0 Å². The zero-order valence-corrected chi connectivity index (χ0v) is 34.2. The first-order valence-corrected chi connectivity index (χ1v) is 19.1. The molecule has 1 aromatic heterocycles. The van der Waals surface area contributed by atoms with E-state index in [1.165, 1.54) is 0 Å². The van der Waals surface area contributed by atoms with E-state index in [4.69, 9.17) is 0 Å². The normalized spacial score (nSPS) is 16.3. The van der Waals surface area contributed by atoms with Gasteiger partial charge in [-0.25, -0.2) is 14.6 Å². The second-order valence-corrected chi connectivity index (χ2v) is 18.1. The van der Waals surface area contributed by atoms with Crippen LogP contribution in [-0.2, 0) is 29.6 Å². The van der Waals surface area contributed by atoms with Crippen LogP contribution in [0.5, 0.6) is 0 Å². The Balaban J connectivity index is 1.58. The summed E-state index contributed by atoms with van der Waals surface area (Å²) in [6.07, 6.45) is -1.56. The van der Waals surface area contributed by atoms with Crippen LogP contribution in [0.25, 0.3) is 10.9 Å². The Morgan fingerprint density at radius 2 is 1.51 bits per heavy atom. The predicted molar refractivity (Wildman–Crippen MR) is 213 cm³/mol. The molecule has 3 aromatic rings. The summed E-state index contributed by atoms with van der Waals surface area (Å²) in [5.74, 6) is -0.946. The van der Waals surface area contributed by atoms with Gasteiger partial charge in [0.2, 0.25) is 5.91 Å². The van der Waals surface area contributed by atoms with E-state index < -0.39 is 53.0 Å². The van der Waals surface area contributed by atoms with E-state index in [9.17, 15) is 29.4 Å². The number of nitrogens with one attached hydrogen (secondary N) is 3. The van der Waals surface area contributed by atoms with Gasteiger partial charge in [0.25, 0.3) is 5.91 Å². The van der Waals surface area contributed by atoms with Crippen molar-refractivity contribution in [1.82, 2.24) is 40.6 Å². The van der Waals surface area contributed by atoms with Crippen LogP contribution in [0, 0.1) is 16.2 Å². The Morgan fingerprint density at radius 1 is 0.873 bits per heavy atom. The first kappa shape index (κ1) is 43.0. The molecule has 1 fully saturated rings. The van der Waals surface area contributed by atoms with E-state index in [2.05, 4.69) is 41.9 Å². The van der Waals surface area contributed by atoms with Crippen molar-refractivity contribution < 1.29 is 29.4 Å². The lowest BCUT2D eigenvalue weighted by Gasteiger charge is -2.38. The summed E-state index contributed by atoms with van der Waals surface area (Å²) in [6.45, 7) is 18.6. The van der Waals surface area contributed by atoms with Crippen LogP contribution in [-0.4, -0.2) is 109 Å². The van der Waals surface area contributed by atoms with E-state index in [0.717, 1.165) is 22.2 Å². The molecule has 302 valence electrons. The molecular weight excluding hydrogens is 701 g/mol.